The van der Waals surface area contributed by atoms with Crippen LogP contribution < -0.4 is 4.90 Å². The molecule has 1 aliphatic carbocycles. The zero-order valence-electron chi connectivity index (χ0n) is 10.8. The maximum absolute atomic E-state index is 4.84. The van der Waals surface area contributed by atoms with Gasteiger partial charge in [0.1, 0.15) is 7.11 Å². The summed E-state index contributed by atoms with van der Waals surface area (Å²) >= 11 is 0. The highest BCUT2D eigenvalue weighted by molar-refractivity contribution is 5.86. The molecule has 0 spiro atoms. The molecule has 0 bridgehead atoms. The summed E-state index contributed by atoms with van der Waals surface area (Å²) < 4.78 is 0. The van der Waals surface area contributed by atoms with Gasteiger partial charge in [-0.05, 0) is 42.9 Å². The minimum absolute atomic E-state index is 0.611. The number of benzene rings is 1. The molecule has 0 aromatic heterocycles. The van der Waals surface area contributed by atoms with Gasteiger partial charge in [-0.1, -0.05) is 17.3 Å². The maximum atomic E-state index is 4.84. The molecular weight excluding hydrogens is 212 g/mol. The van der Waals surface area contributed by atoms with E-state index >= 15 is 0 Å². The lowest BCUT2D eigenvalue weighted by atomic mass is 9.97. The van der Waals surface area contributed by atoms with Crippen molar-refractivity contribution in [3.8, 4) is 0 Å². The first kappa shape index (κ1) is 12.0. The minimum Gasteiger partial charge on any atom is -0.399 e. The highest BCUT2D eigenvalue weighted by Gasteiger charge is 2.22. The third-order valence-corrected chi connectivity index (χ3v) is 3.36. The van der Waals surface area contributed by atoms with E-state index in [1.807, 2.05) is 0 Å². The van der Waals surface area contributed by atoms with E-state index in [1.165, 1.54) is 23.4 Å². The van der Waals surface area contributed by atoms with Crippen molar-refractivity contribution in [2.45, 2.75) is 25.2 Å². The predicted octanol–water partition coefficient (Wildman–Crippen LogP) is 3.02. The van der Waals surface area contributed by atoms with E-state index in [9.17, 15) is 0 Å². The van der Waals surface area contributed by atoms with E-state index in [0.717, 1.165) is 12.8 Å². The lowest BCUT2D eigenvalue weighted by Crippen LogP contribution is -2.08. The van der Waals surface area contributed by atoms with Crippen LogP contribution in [0.25, 0.3) is 0 Å². The number of nitrogens with zero attached hydrogens (tertiary/aromatic N) is 2. The number of rotatable bonds is 3. The number of anilines is 1. The Morgan fingerprint density at radius 1 is 1.24 bits per heavy atom. The molecule has 1 aromatic rings. The first-order valence-corrected chi connectivity index (χ1v) is 6.07. The summed E-state index contributed by atoms with van der Waals surface area (Å²) in [5.41, 5.74) is 3.85. The van der Waals surface area contributed by atoms with Gasteiger partial charge in [0.05, 0.1) is 5.71 Å². The van der Waals surface area contributed by atoms with Crippen molar-refractivity contribution in [3.05, 3.63) is 29.8 Å². The number of hydrogen-bond acceptors (Lipinski definition) is 3. The van der Waals surface area contributed by atoms with Crippen LogP contribution in [0.5, 0.6) is 0 Å². The van der Waals surface area contributed by atoms with Gasteiger partial charge in [-0.25, -0.2) is 0 Å². The van der Waals surface area contributed by atoms with Crippen LogP contribution in [0.3, 0.4) is 0 Å². The Kier molecular flexibility index (Phi) is 3.67. The topological polar surface area (TPSA) is 24.8 Å². The Balaban J connectivity index is 2.06. The van der Waals surface area contributed by atoms with Crippen LogP contribution in [-0.4, -0.2) is 26.9 Å². The average Bonchev–Trinajstić information content (AvgIpc) is 2.78. The van der Waals surface area contributed by atoms with E-state index in [0.29, 0.717) is 5.92 Å². The van der Waals surface area contributed by atoms with Crippen molar-refractivity contribution in [1.82, 2.24) is 0 Å². The number of hydrogen-bond donors (Lipinski definition) is 0. The molecule has 0 heterocycles. The molecule has 1 aliphatic rings. The molecule has 17 heavy (non-hydrogen) atoms. The number of oxime groups is 1. The molecule has 2 rings (SSSR count). The lowest BCUT2D eigenvalue weighted by Gasteiger charge is -2.14. The van der Waals surface area contributed by atoms with Crippen molar-refractivity contribution in [2.24, 2.45) is 5.16 Å². The molecule has 1 saturated carbocycles. The molecule has 92 valence electrons. The molecule has 1 aromatic carbocycles. The largest absolute Gasteiger partial charge is 0.399 e. The highest BCUT2D eigenvalue weighted by Crippen LogP contribution is 2.33. The fourth-order valence-corrected chi connectivity index (χ4v) is 2.37. The summed E-state index contributed by atoms with van der Waals surface area (Å²) in [5, 5.41) is 4.05. The fourth-order valence-electron chi connectivity index (χ4n) is 2.37. The average molecular weight is 232 g/mol. The highest BCUT2D eigenvalue weighted by atomic mass is 16.6. The molecule has 1 fully saturated rings. The SMILES string of the molecule is CON=C1CCC(c2ccc(N(C)C)cc2)C1. The van der Waals surface area contributed by atoms with Crippen LogP contribution in [-0.2, 0) is 4.84 Å². The summed E-state index contributed by atoms with van der Waals surface area (Å²) in [6.07, 6.45) is 3.28. The van der Waals surface area contributed by atoms with Crippen molar-refractivity contribution in [2.75, 3.05) is 26.1 Å². The van der Waals surface area contributed by atoms with Crippen molar-refractivity contribution < 1.29 is 4.84 Å². The summed E-state index contributed by atoms with van der Waals surface area (Å²) in [7, 11) is 5.74. The van der Waals surface area contributed by atoms with E-state index in [1.54, 1.807) is 7.11 Å². The van der Waals surface area contributed by atoms with Crippen LogP contribution in [0.15, 0.2) is 29.4 Å². The predicted molar refractivity (Wildman–Crippen MR) is 71.8 cm³/mol. The third-order valence-electron chi connectivity index (χ3n) is 3.36. The van der Waals surface area contributed by atoms with Crippen LogP contribution in [0, 0.1) is 0 Å². The quantitative estimate of drug-likeness (QED) is 0.748. The zero-order valence-corrected chi connectivity index (χ0v) is 10.8. The Morgan fingerprint density at radius 3 is 2.53 bits per heavy atom. The van der Waals surface area contributed by atoms with Gasteiger partial charge in [0.2, 0.25) is 0 Å². The van der Waals surface area contributed by atoms with Crippen LogP contribution in [0.1, 0.15) is 30.7 Å². The van der Waals surface area contributed by atoms with Gasteiger partial charge in [-0.3, -0.25) is 0 Å². The summed E-state index contributed by atoms with van der Waals surface area (Å²) in [6.45, 7) is 0. The minimum atomic E-state index is 0.611. The van der Waals surface area contributed by atoms with Crippen molar-refractivity contribution in [1.29, 1.82) is 0 Å². The molecule has 0 radical (unpaired) electrons. The maximum Gasteiger partial charge on any atom is 0.106 e. The van der Waals surface area contributed by atoms with Gasteiger partial charge in [0, 0.05) is 19.8 Å². The molecule has 0 aliphatic heterocycles. The fraction of sp³-hybridized carbons (Fsp3) is 0.500. The second-order valence-corrected chi connectivity index (χ2v) is 4.77. The zero-order chi connectivity index (χ0) is 12.3. The Hall–Kier alpha value is -1.51. The summed E-state index contributed by atoms with van der Waals surface area (Å²) in [5.74, 6) is 0.611. The Labute approximate surface area is 103 Å². The summed E-state index contributed by atoms with van der Waals surface area (Å²) in [4.78, 5) is 6.96. The third kappa shape index (κ3) is 2.78. The van der Waals surface area contributed by atoms with Gasteiger partial charge in [-0.15, -0.1) is 0 Å². The van der Waals surface area contributed by atoms with E-state index in [-0.39, 0.29) is 0 Å². The van der Waals surface area contributed by atoms with Crippen molar-refractivity contribution in [3.63, 3.8) is 0 Å². The van der Waals surface area contributed by atoms with Crippen molar-refractivity contribution >= 4 is 11.4 Å². The molecule has 3 heteroatoms. The molecule has 1 unspecified atom stereocenters. The first-order chi connectivity index (χ1) is 8.20. The second kappa shape index (κ2) is 5.21. The Morgan fingerprint density at radius 2 is 1.94 bits per heavy atom. The summed E-state index contributed by atoms with van der Waals surface area (Å²) in [6, 6.07) is 8.83. The Bertz CT molecular complexity index is 395. The lowest BCUT2D eigenvalue weighted by molar-refractivity contribution is 0.212. The molecule has 0 saturated heterocycles. The molecule has 1 atom stereocenters. The first-order valence-electron chi connectivity index (χ1n) is 6.07. The smallest absolute Gasteiger partial charge is 0.106 e. The van der Waals surface area contributed by atoms with Gasteiger partial charge in [0.25, 0.3) is 0 Å². The molecule has 3 nitrogen and oxygen atoms in total. The van der Waals surface area contributed by atoms with Crippen LogP contribution in [0.4, 0.5) is 5.69 Å². The van der Waals surface area contributed by atoms with E-state index in [4.69, 9.17) is 4.84 Å². The molecule has 0 N–H and O–H groups in total. The molecular formula is C14H20N2O. The van der Waals surface area contributed by atoms with Crippen LogP contribution in [0.2, 0.25) is 0 Å². The van der Waals surface area contributed by atoms with Gasteiger partial charge >= 0.3 is 0 Å². The van der Waals surface area contributed by atoms with Gasteiger partial charge in [-0.2, -0.15) is 0 Å². The van der Waals surface area contributed by atoms with E-state index < -0.39 is 0 Å². The second-order valence-electron chi connectivity index (χ2n) is 4.77. The normalized spacial score (nSPS) is 21.8. The van der Waals surface area contributed by atoms with Gasteiger partial charge < -0.3 is 9.74 Å². The monoisotopic (exact) mass is 232 g/mol. The van der Waals surface area contributed by atoms with Crippen LogP contribution >= 0.6 is 0 Å². The van der Waals surface area contributed by atoms with E-state index in [2.05, 4.69) is 48.4 Å². The molecule has 0 amide bonds. The van der Waals surface area contributed by atoms with Gasteiger partial charge in [0.15, 0.2) is 0 Å². The standard InChI is InChI=1S/C14H20N2O/c1-16(2)14-8-5-11(6-9-14)12-4-7-13(10-12)15-17-3/h5-6,8-9,12H,4,7,10H2,1-3H3.